The standard InChI is InChI=1S/C20H15ClN6O3/c21-14-5-1-4-13(10-14)20-22-25-26(24-20)12-19(28)27-16(18-7-3-9-30-18)11-15(23-27)17-6-2-8-29-17/h1-10,16H,11-12H2. The fourth-order valence-corrected chi connectivity index (χ4v) is 3.47. The molecule has 3 aromatic heterocycles. The molecule has 1 amide bonds. The zero-order chi connectivity index (χ0) is 20.5. The first-order valence-corrected chi connectivity index (χ1v) is 9.56. The number of carbonyl (C=O) groups is 1. The lowest BCUT2D eigenvalue weighted by atomic mass is 10.1. The van der Waals surface area contributed by atoms with Crippen molar-refractivity contribution < 1.29 is 13.6 Å². The van der Waals surface area contributed by atoms with E-state index in [0.29, 0.717) is 40.1 Å². The molecule has 1 aliphatic rings. The van der Waals surface area contributed by atoms with Crippen molar-refractivity contribution in [3.05, 3.63) is 77.6 Å². The van der Waals surface area contributed by atoms with Gasteiger partial charge in [0.2, 0.25) is 5.82 Å². The lowest BCUT2D eigenvalue weighted by Crippen LogP contribution is -2.31. The molecule has 150 valence electrons. The summed E-state index contributed by atoms with van der Waals surface area (Å²) in [7, 11) is 0. The number of carbonyl (C=O) groups excluding carboxylic acids is 1. The second-order valence-electron chi connectivity index (χ2n) is 6.65. The van der Waals surface area contributed by atoms with E-state index in [1.165, 1.54) is 9.81 Å². The van der Waals surface area contributed by atoms with Crippen LogP contribution in [0.15, 0.2) is 75.0 Å². The molecule has 1 aromatic carbocycles. The third-order valence-electron chi connectivity index (χ3n) is 4.66. The molecule has 0 fully saturated rings. The van der Waals surface area contributed by atoms with Gasteiger partial charge in [-0.05, 0) is 41.6 Å². The molecule has 0 saturated heterocycles. The van der Waals surface area contributed by atoms with E-state index in [2.05, 4.69) is 20.5 Å². The minimum absolute atomic E-state index is 0.125. The molecule has 0 spiro atoms. The summed E-state index contributed by atoms with van der Waals surface area (Å²) in [6.07, 6.45) is 3.62. The molecule has 0 saturated carbocycles. The van der Waals surface area contributed by atoms with Crippen molar-refractivity contribution in [1.29, 1.82) is 0 Å². The van der Waals surface area contributed by atoms with E-state index < -0.39 is 0 Å². The van der Waals surface area contributed by atoms with E-state index >= 15 is 0 Å². The number of hydrazone groups is 1. The smallest absolute Gasteiger partial charge is 0.267 e. The van der Waals surface area contributed by atoms with Crippen molar-refractivity contribution in [2.24, 2.45) is 5.10 Å². The number of nitrogens with zero attached hydrogens (tertiary/aromatic N) is 6. The summed E-state index contributed by atoms with van der Waals surface area (Å²) in [5.41, 5.74) is 1.38. The molecule has 0 N–H and O–H groups in total. The van der Waals surface area contributed by atoms with Crippen LogP contribution in [0.3, 0.4) is 0 Å². The van der Waals surface area contributed by atoms with E-state index in [1.54, 1.807) is 42.9 Å². The molecule has 0 bridgehead atoms. The van der Waals surface area contributed by atoms with E-state index in [4.69, 9.17) is 20.4 Å². The number of rotatable bonds is 5. The van der Waals surface area contributed by atoms with Gasteiger partial charge in [-0.3, -0.25) is 4.79 Å². The topological polar surface area (TPSA) is 103 Å². The highest BCUT2D eigenvalue weighted by Gasteiger charge is 2.36. The van der Waals surface area contributed by atoms with E-state index in [-0.39, 0.29) is 18.5 Å². The summed E-state index contributed by atoms with van der Waals surface area (Å²) in [6, 6.07) is 13.9. The zero-order valence-electron chi connectivity index (χ0n) is 15.6. The first-order chi connectivity index (χ1) is 14.7. The average molecular weight is 423 g/mol. The second kappa shape index (κ2) is 7.60. The maximum Gasteiger partial charge on any atom is 0.267 e. The summed E-state index contributed by atoms with van der Waals surface area (Å²) in [6.45, 7) is -0.125. The van der Waals surface area contributed by atoms with Gasteiger partial charge in [-0.2, -0.15) is 9.90 Å². The number of aromatic nitrogens is 4. The fourth-order valence-electron chi connectivity index (χ4n) is 3.28. The van der Waals surface area contributed by atoms with Crippen LogP contribution in [0.25, 0.3) is 11.4 Å². The summed E-state index contributed by atoms with van der Waals surface area (Å²) in [5, 5.41) is 18.7. The predicted octanol–water partition coefficient (Wildman–Crippen LogP) is 3.56. The van der Waals surface area contributed by atoms with Gasteiger partial charge in [-0.25, -0.2) is 5.01 Å². The number of amides is 1. The molecule has 4 heterocycles. The van der Waals surface area contributed by atoms with E-state index in [0.717, 1.165) is 0 Å². The Hall–Kier alpha value is -3.72. The number of benzene rings is 1. The molecule has 1 unspecified atom stereocenters. The highest BCUT2D eigenvalue weighted by molar-refractivity contribution is 6.30. The highest BCUT2D eigenvalue weighted by Crippen LogP contribution is 2.33. The molecular formula is C20H15ClN6O3. The normalized spacial score (nSPS) is 16.1. The van der Waals surface area contributed by atoms with Crippen LogP contribution in [0, 0.1) is 0 Å². The van der Waals surface area contributed by atoms with Crippen molar-refractivity contribution in [2.45, 2.75) is 19.0 Å². The number of halogens is 1. The van der Waals surface area contributed by atoms with Crippen molar-refractivity contribution >= 4 is 23.2 Å². The Morgan fingerprint density at radius 2 is 2.00 bits per heavy atom. The Balaban J connectivity index is 1.38. The molecule has 1 atom stereocenters. The van der Waals surface area contributed by atoms with Crippen LogP contribution in [0.4, 0.5) is 0 Å². The lowest BCUT2D eigenvalue weighted by molar-refractivity contribution is -0.134. The molecule has 9 nitrogen and oxygen atoms in total. The van der Waals surface area contributed by atoms with Crippen molar-refractivity contribution in [2.75, 3.05) is 0 Å². The molecule has 4 aromatic rings. The van der Waals surface area contributed by atoms with Gasteiger partial charge in [-0.15, -0.1) is 10.2 Å². The summed E-state index contributed by atoms with van der Waals surface area (Å²) >= 11 is 6.02. The van der Waals surface area contributed by atoms with Gasteiger partial charge in [0, 0.05) is 17.0 Å². The first-order valence-electron chi connectivity index (χ1n) is 9.18. The minimum atomic E-state index is -0.372. The largest absolute Gasteiger partial charge is 0.467 e. The van der Waals surface area contributed by atoms with Gasteiger partial charge >= 0.3 is 0 Å². The van der Waals surface area contributed by atoms with Crippen LogP contribution in [0.1, 0.15) is 24.0 Å². The van der Waals surface area contributed by atoms with Crippen molar-refractivity contribution in [3.63, 3.8) is 0 Å². The van der Waals surface area contributed by atoms with Crippen LogP contribution in [-0.2, 0) is 11.3 Å². The Morgan fingerprint density at radius 3 is 2.77 bits per heavy atom. The summed E-state index contributed by atoms with van der Waals surface area (Å²) < 4.78 is 11.0. The van der Waals surface area contributed by atoms with Crippen LogP contribution in [-0.4, -0.2) is 36.8 Å². The number of furan rings is 2. The van der Waals surface area contributed by atoms with Crippen molar-refractivity contribution in [1.82, 2.24) is 25.2 Å². The van der Waals surface area contributed by atoms with Gasteiger partial charge in [0.1, 0.15) is 29.8 Å². The van der Waals surface area contributed by atoms with Crippen LogP contribution < -0.4 is 0 Å². The Kier molecular flexibility index (Phi) is 4.64. The SMILES string of the molecule is O=C(Cn1nnc(-c2cccc(Cl)c2)n1)N1N=C(c2ccco2)CC1c1ccco1. The van der Waals surface area contributed by atoms with Crippen LogP contribution in [0.5, 0.6) is 0 Å². The summed E-state index contributed by atoms with van der Waals surface area (Å²) in [5.74, 6) is 1.34. The monoisotopic (exact) mass is 422 g/mol. The van der Waals surface area contributed by atoms with Crippen molar-refractivity contribution in [3.8, 4) is 11.4 Å². The quantitative estimate of drug-likeness (QED) is 0.487. The van der Waals surface area contributed by atoms with Crippen LogP contribution >= 0.6 is 11.6 Å². The van der Waals surface area contributed by atoms with Gasteiger partial charge in [0.15, 0.2) is 0 Å². The number of hydrogen-bond acceptors (Lipinski definition) is 7. The average Bonchev–Trinajstić information content (AvgIpc) is 3.54. The first kappa shape index (κ1) is 18.3. The molecular weight excluding hydrogens is 408 g/mol. The minimum Gasteiger partial charge on any atom is -0.467 e. The molecule has 1 aliphatic heterocycles. The Morgan fingerprint density at radius 1 is 1.13 bits per heavy atom. The molecule has 0 radical (unpaired) electrons. The third kappa shape index (κ3) is 3.50. The number of tetrazole rings is 1. The zero-order valence-corrected chi connectivity index (χ0v) is 16.3. The molecule has 10 heteroatoms. The summed E-state index contributed by atoms with van der Waals surface area (Å²) in [4.78, 5) is 14.3. The molecule has 0 aliphatic carbocycles. The fraction of sp³-hybridized carbons (Fsp3) is 0.150. The van der Waals surface area contributed by atoms with Gasteiger partial charge in [0.05, 0.1) is 12.5 Å². The predicted molar refractivity (Wildman–Crippen MR) is 106 cm³/mol. The maximum atomic E-state index is 13.0. The van der Waals surface area contributed by atoms with Gasteiger partial charge in [-0.1, -0.05) is 23.7 Å². The van der Waals surface area contributed by atoms with Gasteiger partial charge in [0.25, 0.3) is 5.91 Å². The highest BCUT2D eigenvalue weighted by atomic mass is 35.5. The lowest BCUT2D eigenvalue weighted by Gasteiger charge is -2.19. The maximum absolute atomic E-state index is 13.0. The Labute approximate surface area is 175 Å². The van der Waals surface area contributed by atoms with E-state index in [1.807, 2.05) is 18.2 Å². The van der Waals surface area contributed by atoms with Gasteiger partial charge < -0.3 is 8.83 Å². The Bertz CT molecular complexity index is 1200. The second-order valence-corrected chi connectivity index (χ2v) is 7.09. The molecule has 5 rings (SSSR count). The van der Waals surface area contributed by atoms with E-state index in [9.17, 15) is 4.79 Å². The number of hydrogen-bond donors (Lipinski definition) is 0. The molecule has 30 heavy (non-hydrogen) atoms. The third-order valence-corrected chi connectivity index (χ3v) is 4.89. The van der Waals surface area contributed by atoms with Crippen LogP contribution in [0.2, 0.25) is 5.02 Å².